The number of Topliss-reactive ketones (excluding diaryl/α,β-unsaturated/α-hetero) is 2. The number of carbonyl (C=O) groups excluding carboxylic acids is 2. The van der Waals surface area contributed by atoms with Gasteiger partial charge in [0.25, 0.3) is 5.69 Å². The van der Waals surface area contributed by atoms with Gasteiger partial charge in [-0.1, -0.05) is 24.3 Å². The van der Waals surface area contributed by atoms with E-state index in [9.17, 15) is 19.7 Å². The number of ketones is 2. The van der Waals surface area contributed by atoms with Crippen LogP contribution in [-0.2, 0) is 17.8 Å². The van der Waals surface area contributed by atoms with E-state index in [0.717, 1.165) is 29.7 Å². The molecule has 4 rings (SSSR count). The molecule has 0 aromatic heterocycles. The first-order valence-electron chi connectivity index (χ1n) is 11.0. The van der Waals surface area contributed by atoms with Crippen molar-refractivity contribution in [3.8, 4) is 5.75 Å². The van der Waals surface area contributed by atoms with Crippen LogP contribution in [0.4, 0.5) is 5.69 Å². The molecule has 1 aliphatic heterocycles. The van der Waals surface area contributed by atoms with Gasteiger partial charge in [0.2, 0.25) is 0 Å². The monoisotopic (exact) mass is 446 g/mol. The molecule has 0 saturated heterocycles. The molecule has 2 unspecified atom stereocenters. The number of nitrogens with zero attached hydrogens (tertiary/aromatic N) is 2. The Morgan fingerprint density at radius 3 is 2.76 bits per heavy atom. The topological polar surface area (TPSA) is 89.8 Å². The molecule has 1 aliphatic carbocycles. The number of rotatable bonds is 7. The first-order chi connectivity index (χ1) is 15.9. The van der Waals surface area contributed by atoms with Gasteiger partial charge in [0, 0.05) is 47.0 Å². The Balaban J connectivity index is 1.51. The third-order valence-electron chi connectivity index (χ3n) is 6.41. The fourth-order valence-corrected chi connectivity index (χ4v) is 4.67. The molecule has 2 aliphatic rings. The summed E-state index contributed by atoms with van der Waals surface area (Å²) in [4.78, 5) is 38.3. The lowest BCUT2D eigenvalue weighted by atomic mass is 9.76. The highest BCUT2D eigenvalue weighted by molar-refractivity contribution is 6.00. The standard InChI is InChI=1S/C26H26N2O5/c1-17(29)24-16-27(15-21-5-3-4-6-25(21)28(31)32)12-11-19(24)13-20-8-7-18-14-22(33-2)9-10-23(18)26(20)30/h3-6,9-12,14,16,19-20H,7-8,13,15H2,1-2H3. The Labute approximate surface area is 192 Å². The van der Waals surface area contributed by atoms with Crippen molar-refractivity contribution in [1.29, 1.82) is 0 Å². The van der Waals surface area contributed by atoms with E-state index in [0.29, 0.717) is 17.6 Å². The highest BCUT2D eigenvalue weighted by atomic mass is 16.6. The van der Waals surface area contributed by atoms with E-state index in [1.807, 2.05) is 24.4 Å². The summed E-state index contributed by atoms with van der Waals surface area (Å²) in [6.07, 6.45) is 7.63. The summed E-state index contributed by atoms with van der Waals surface area (Å²) in [5.74, 6) is 0.460. The number of methoxy groups -OCH3 is 1. The van der Waals surface area contributed by atoms with Crippen LogP contribution in [0, 0.1) is 22.0 Å². The molecule has 0 amide bonds. The van der Waals surface area contributed by atoms with E-state index in [1.165, 1.54) is 13.0 Å². The predicted molar refractivity (Wildman–Crippen MR) is 124 cm³/mol. The SMILES string of the molecule is COc1ccc2c(c1)CCC(CC1C=CN(Cc3ccccc3[N+](=O)[O-])C=C1C(C)=O)C2=O. The van der Waals surface area contributed by atoms with Gasteiger partial charge < -0.3 is 9.64 Å². The van der Waals surface area contributed by atoms with Crippen LogP contribution in [0.3, 0.4) is 0 Å². The van der Waals surface area contributed by atoms with Crippen molar-refractivity contribution >= 4 is 17.3 Å². The molecule has 0 N–H and O–H groups in total. The zero-order valence-corrected chi connectivity index (χ0v) is 18.7. The number of hydrogen-bond acceptors (Lipinski definition) is 6. The van der Waals surface area contributed by atoms with Crippen LogP contribution in [0.5, 0.6) is 5.75 Å². The maximum Gasteiger partial charge on any atom is 0.274 e. The number of hydrogen-bond donors (Lipinski definition) is 0. The fraction of sp³-hybridized carbons (Fsp3) is 0.308. The molecule has 2 atom stereocenters. The van der Waals surface area contributed by atoms with Gasteiger partial charge in [0.1, 0.15) is 5.75 Å². The van der Waals surface area contributed by atoms with Gasteiger partial charge in [0.15, 0.2) is 11.6 Å². The van der Waals surface area contributed by atoms with E-state index < -0.39 is 4.92 Å². The molecule has 2 aromatic rings. The number of nitro benzene ring substituents is 1. The Kier molecular flexibility index (Phi) is 6.40. The van der Waals surface area contributed by atoms with Crippen molar-refractivity contribution in [1.82, 2.24) is 4.90 Å². The molecule has 0 spiro atoms. The number of ether oxygens (including phenoxy) is 1. The maximum atomic E-state index is 13.1. The highest BCUT2D eigenvalue weighted by Crippen LogP contribution is 2.35. The van der Waals surface area contributed by atoms with Crippen LogP contribution in [0.15, 0.2) is 66.5 Å². The second-order valence-electron chi connectivity index (χ2n) is 8.51. The van der Waals surface area contributed by atoms with Crippen LogP contribution in [0.25, 0.3) is 0 Å². The van der Waals surface area contributed by atoms with E-state index in [2.05, 4.69) is 0 Å². The molecule has 7 nitrogen and oxygen atoms in total. The summed E-state index contributed by atoms with van der Waals surface area (Å²) >= 11 is 0. The summed E-state index contributed by atoms with van der Waals surface area (Å²) in [6, 6.07) is 12.1. The second-order valence-corrected chi connectivity index (χ2v) is 8.51. The second kappa shape index (κ2) is 9.40. The number of para-hydroxylation sites is 1. The minimum atomic E-state index is -0.399. The third-order valence-corrected chi connectivity index (χ3v) is 6.41. The van der Waals surface area contributed by atoms with Gasteiger partial charge in [0.05, 0.1) is 18.6 Å². The van der Waals surface area contributed by atoms with Crippen LogP contribution >= 0.6 is 0 Å². The van der Waals surface area contributed by atoms with Gasteiger partial charge in [-0.05, 0) is 49.9 Å². The minimum Gasteiger partial charge on any atom is -0.497 e. The molecule has 0 radical (unpaired) electrons. The number of benzene rings is 2. The van der Waals surface area contributed by atoms with Crippen LogP contribution in [-0.4, -0.2) is 28.5 Å². The normalized spacial score (nSPS) is 19.6. The molecule has 1 heterocycles. The van der Waals surface area contributed by atoms with Crippen molar-refractivity contribution in [2.45, 2.75) is 32.7 Å². The summed E-state index contributed by atoms with van der Waals surface area (Å²) in [7, 11) is 1.61. The van der Waals surface area contributed by atoms with Crippen molar-refractivity contribution in [2.24, 2.45) is 11.8 Å². The summed E-state index contributed by atoms with van der Waals surface area (Å²) < 4.78 is 5.27. The van der Waals surface area contributed by atoms with Gasteiger partial charge >= 0.3 is 0 Å². The average Bonchev–Trinajstić information content (AvgIpc) is 2.81. The zero-order chi connectivity index (χ0) is 23.5. The summed E-state index contributed by atoms with van der Waals surface area (Å²) in [6.45, 7) is 1.81. The van der Waals surface area contributed by atoms with Gasteiger partial charge in [-0.25, -0.2) is 0 Å². The van der Waals surface area contributed by atoms with Gasteiger partial charge in [-0.2, -0.15) is 0 Å². The minimum absolute atomic E-state index is 0.0499. The van der Waals surface area contributed by atoms with Crippen molar-refractivity contribution in [2.75, 3.05) is 7.11 Å². The smallest absolute Gasteiger partial charge is 0.274 e. The molecule has 0 fully saturated rings. The van der Waals surface area contributed by atoms with Gasteiger partial charge in [-0.15, -0.1) is 0 Å². The lowest BCUT2D eigenvalue weighted by molar-refractivity contribution is -0.385. The van der Waals surface area contributed by atoms with Crippen LogP contribution in [0.1, 0.15) is 41.3 Å². The molecule has 0 bridgehead atoms. The predicted octanol–water partition coefficient (Wildman–Crippen LogP) is 4.86. The Bertz CT molecular complexity index is 1170. The maximum absolute atomic E-state index is 13.1. The van der Waals surface area contributed by atoms with Crippen molar-refractivity contribution < 1.29 is 19.2 Å². The number of nitro groups is 1. The third kappa shape index (κ3) is 4.72. The Morgan fingerprint density at radius 1 is 1.24 bits per heavy atom. The summed E-state index contributed by atoms with van der Waals surface area (Å²) in [5, 5.41) is 11.3. The number of allylic oxidation sites excluding steroid dienone is 2. The molecule has 33 heavy (non-hydrogen) atoms. The van der Waals surface area contributed by atoms with E-state index in [4.69, 9.17) is 4.74 Å². The number of carbonyl (C=O) groups is 2. The molecule has 0 saturated carbocycles. The first-order valence-corrected chi connectivity index (χ1v) is 11.0. The lowest BCUT2D eigenvalue weighted by Crippen LogP contribution is -2.28. The number of fused-ring (bicyclic) bond motifs is 1. The molecule has 7 heteroatoms. The van der Waals surface area contributed by atoms with E-state index >= 15 is 0 Å². The molecular formula is C26H26N2O5. The Morgan fingerprint density at radius 2 is 2.03 bits per heavy atom. The molecule has 2 aromatic carbocycles. The Hall–Kier alpha value is -3.74. The van der Waals surface area contributed by atoms with Gasteiger partial charge in [-0.3, -0.25) is 19.7 Å². The number of aryl methyl sites for hydroxylation is 1. The van der Waals surface area contributed by atoms with Crippen LogP contribution < -0.4 is 4.74 Å². The zero-order valence-electron chi connectivity index (χ0n) is 18.7. The van der Waals surface area contributed by atoms with E-state index in [-0.39, 0.29) is 35.6 Å². The summed E-state index contributed by atoms with van der Waals surface area (Å²) in [5.41, 5.74) is 2.98. The fourth-order valence-electron chi connectivity index (χ4n) is 4.67. The first kappa shape index (κ1) is 22.5. The highest BCUT2D eigenvalue weighted by Gasteiger charge is 2.32. The molecular weight excluding hydrogens is 420 g/mol. The lowest BCUT2D eigenvalue weighted by Gasteiger charge is -2.30. The van der Waals surface area contributed by atoms with E-state index in [1.54, 1.807) is 42.5 Å². The quantitative estimate of drug-likeness (QED) is 0.446. The van der Waals surface area contributed by atoms with Crippen molar-refractivity contribution in [3.63, 3.8) is 0 Å². The largest absolute Gasteiger partial charge is 0.497 e. The molecule has 170 valence electrons. The average molecular weight is 447 g/mol. The van der Waals surface area contributed by atoms with Crippen molar-refractivity contribution in [3.05, 3.63) is 93.3 Å². The van der Waals surface area contributed by atoms with Crippen LogP contribution in [0.2, 0.25) is 0 Å².